The van der Waals surface area contributed by atoms with Crippen molar-refractivity contribution < 1.29 is 4.79 Å². The number of benzene rings is 2. The summed E-state index contributed by atoms with van der Waals surface area (Å²) in [5.41, 5.74) is 10.9. The Balaban J connectivity index is 1.59. The summed E-state index contributed by atoms with van der Waals surface area (Å²) in [5.74, 6) is 0.0123. The minimum absolute atomic E-state index is 0.0123. The predicted molar refractivity (Wildman–Crippen MR) is 105 cm³/mol. The van der Waals surface area contributed by atoms with Crippen molar-refractivity contribution >= 4 is 35.0 Å². The standard InChI is InChI=1S/C19H18ClN5O/c20-17-14-16(22-23-21)7-8-18(17)24-10-12-25(13-11-24)19(26)9-6-15-4-2-1-3-5-15/h1-9,14H,10-13H2. The Hall–Kier alpha value is -2.95. The summed E-state index contributed by atoms with van der Waals surface area (Å²) >= 11 is 6.30. The van der Waals surface area contributed by atoms with E-state index in [1.165, 1.54) is 0 Å². The van der Waals surface area contributed by atoms with Crippen molar-refractivity contribution in [2.24, 2.45) is 5.11 Å². The van der Waals surface area contributed by atoms with Gasteiger partial charge in [-0.3, -0.25) is 4.79 Å². The van der Waals surface area contributed by atoms with Crippen molar-refractivity contribution in [1.82, 2.24) is 4.90 Å². The molecule has 0 atom stereocenters. The van der Waals surface area contributed by atoms with Crippen LogP contribution < -0.4 is 4.90 Å². The van der Waals surface area contributed by atoms with Crippen LogP contribution >= 0.6 is 11.6 Å². The molecule has 1 heterocycles. The third kappa shape index (κ3) is 4.36. The van der Waals surface area contributed by atoms with Crippen molar-refractivity contribution in [2.45, 2.75) is 0 Å². The number of azide groups is 1. The SMILES string of the molecule is [N-]=[N+]=Nc1ccc(N2CCN(C(=O)C=Cc3ccccc3)CC2)c(Cl)c1. The van der Waals surface area contributed by atoms with Gasteiger partial charge in [-0.25, -0.2) is 0 Å². The van der Waals surface area contributed by atoms with Crippen molar-refractivity contribution in [3.63, 3.8) is 0 Å². The number of carbonyl (C=O) groups excluding carboxylic acids is 1. The van der Waals surface area contributed by atoms with E-state index >= 15 is 0 Å². The minimum Gasteiger partial charge on any atom is -0.367 e. The molecule has 0 spiro atoms. The van der Waals surface area contributed by atoms with E-state index in [0.717, 1.165) is 11.3 Å². The summed E-state index contributed by atoms with van der Waals surface area (Å²) in [7, 11) is 0. The molecule has 2 aromatic rings. The van der Waals surface area contributed by atoms with Gasteiger partial charge in [-0.15, -0.1) is 0 Å². The third-order valence-corrected chi connectivity index (χ3v) is 4.54. The van der Waals surface area contributed by atoms with Gasteiger partial charge < -0.3 is 9.80 Å². The molecule has 7 heteroatoms. The molecule has 1 fully saturated rings. The fourth-order valence-corrected chi connectivity index (χ4v) is 3.17. The number of amides is 1. The van der Waals surface area contributed by atoms with E-state index in [-0.39, 0.29) is 5.91 Å². The summed E-state index contributed by atoms with van der Waals surface area (Å²) in [4.78, 5) is 19.1. The highest BCUT2D eigenvalue weighted by Gasteiger charge is 2.21. The van der Waals surface area contributed by atoms with Gasteiger partial charge in [0.2, 0.25) is 5.91 Å². The fourth-order valence-electron chi connectivity index (χ4n) is 2.87. The Bertz CT molecular complexity index is 853. The largest absolute Gasteiger partial charge is 0.367 e. The van der Waals surface area contributed by atoms with Crippen LogP contribution in [-0.4, -0.2) is 37.0 Å². The Labute approximate surface area is 156 Å². The van der Waals surface area contributed by atoms with Crippen LogP contribution in [0.4, 0.5) is 11.4 Å². The summed E-state index contributed by atoms with van der Waals surface area (Å²) in [6.45, 7) is 2.66. The van der Waals surface area contributed by atoms with Crippen LogP contribution in [0.5, 0.6) is 0 Å². The maximum Gasteiger partial charge on any atom is 0.246 e. The van der Waals surface area contributed by atoms with Crippen LogP contribution in [-0.2, 0) is 4.79 Å². The number of anilines is 1. The number of rotatable bonds is 4. The lowest BCUT2D eigenvalue weighted by Crippen LogP contribution is -2.48. The van der Waals surface area contributed by atoms with Crippen molar-refractivity contribution in [3.8, 4) is 0 Å². The van der Waals surface area contributed by atoms with Crippen LogP contribution in [0, 0.1) is 0 Å². The quantitative estimate of drug-likeness (QED) is 0.341. The van der Waals surface area contributed by atoms with Gasteiger partial charge in [0.15, 0.2) is 0 Å². The summed E-state index contributed by atoms with van der Waals surface area (Å²) in [6, 6.07) is 15.0. The maximum absolute atomic E-state index is 12.3. The van der Waals surface area contributed by atoms with Crippen LogP contribution in [0.3, 0.4) is 0 Å². The molecule has 26 heavy (non-hydrogen) atoms. The number of carbonyl (C=O) groups is 1. The molecule has 0 saturated carbocycles. The number of halogens is 1. The highest BCUT2D eigenvalue weighted by molar-refractivity contribution is 6.33. The van der Waals surface area contributed by atoms with Gasteiger partial charge in [0.05, 0.1) is 10.7 Å². The topological polar surface area (TPSA) is 72.3 Å². The normalized spacial score (nSPS) is 14.3. The molecule has 0 bridgehead atoms. The van der Waals surface area contributed by atoms with Crippen LogP contribution in [0.1, 0.15) is 5.56 Å². The Kier molecular flexibility index (Phi) is 5.79. The average Bonchev–Trinajstić information content (AvgIpc) is 2.67. The number of hydrogen-bond donors (Lipinski definition) is 0. The molecule has 2 aromatic carbocycles. The van der Waals surface area contributed by atoms with Gasteiger partial charge in [-0.2, -0.15) is 0 Å². The fraction of sp³-hybridized carbons (Fsp3) is 0.211. The van der Waals surface area contributed by atoms with Gasteiger partial charge in [-0.05, 0) is 29.3 Å². The highest BCUT2D eigenvalue weighted by Crippen LogP contribution is 2.30. The molecule has 0 radical (unpaired) electrons. The zero-order valence-corrected chi connectivity index (χ0v) is 14.9. The van der Waals surface area contributed by atoms with Gasteiger partial charge >= 0.3 is 0 Å². The van der Waals surface area contributed by atoms with E-state index in [1.54, 1.807) is 18.2 Å². The average molecular weight is 368 g/mol. The predicted octanol–water partition coefficient (Wildman–Crippen LogP) is 4.64. The van der Waals surface area contributed by atoms with E-state index in [4.69, 9.17) is 17.1 Å². The molecule has 0 N–H and O–H groups in total. The first kappa shape index (κ1) is 17.9. The summed E-state index contributed by atoms with van der Waals surface area (Å²) in [6.07, 6.45) is 3.45. The van der Waals surface area contributed by atoms with Gasteiger partial charge in [-0.1, -0.05) is 53.1 Å². The third-order valence-electron chi connectivity index (χ3n) is 4.24. The summed E-state index contributed by atoms with van der Waals surface area (Å²) in [5, 5.41) is 4.09. The lowest BCUT2D eigenvalue weighted by molar-refractivity contribution is -0.126. The van der Waals surface area contributed by atoms with Gasteiger partial charge in [0.25, 0.3) is 0 Å². The highest BCUT2D eigenvalue weighted by atomic mass is 35.5. The maximum atomic E-state index is 12.3. The van der Waals surface area contributed by atoms with Crippen molar-refractivity contribution in [2.75, 3.05) is 31.1 Å². The second kappa shape index (κ2) is 8.43. The van der Waals surface area contributed by atoms with E-state index in [0.29, 0.717) is 36.9 Å². The molecule has 6 nitrogen and oxygen atoms in total. The number of nitrogens with zero attached hydrogens (tertiary/aromatic N) is 5. The molecule has 0 aromatic heterocycles. The van der Waals surface area contributed by atoms with Crippen molar-refractivity contribution in [3.05, 3.63) is 75.6 Å². The second-order valence-corrected chi connectivity index (χ2v) is 6.29. The van der Waals surface area contributed by atoms with Gasteiger partial charge in [0, 0.05) is 42.9 Å². The molecule has 3 rings (SSSR count). The molecule has 1 aliphatic heterocycles. The lowest BCUT2D eigenvalue weighted by Gasteiger charge is -2.36. The van der Waals surface area contributed by atoms with Crippen LogP contribution in [0.25, 0.3) is 16.5 Å². The molecule has 0 unspecified atom stereocenters. The van der Waals surface area contributed by atoms with E-state index in [2.05, 4.69) is 14.9 Å². The van der Waals surface area contributed by atoms with Crippen molar-refractivity contribution in [1.29, 1.82) is 0 Å². The first-order valence-electron chi connectivity index (χ1n) is 8.29. The first-order valence-corrected chi connectivity index (χ1v) is 8.67. The number of hydrogen-bond acceptors (Lipinski definition) is 3. The van der Waals surface area contributed by atoms with E-state index < -0.39 is 0 Å². The number of piperazine rings is 1. The zero-order chi connectivity index (χ0) is 18.4. The Morgan fingerprint density at radius 3 is 2.50 bits per heavy atom. The van der Waals surface area contributed by atoms with Crippen LogP contribution in [0.2, 0.25) is 5.02 Å². The smallest absolute Gasteiger partial charge is 0.246 e. The molecule has 132 valence electrons. The first-order chi connectivity index (χ1) is 12.7. The monoisotopic (exact) mass is 367 g/mol. The van der Waals surface area contributed by atoms with E-state index in [9.17, 15) is 4.79 Å². The molecule has 0 aliphatic carbocycles. The molecule has 1 saturated heterocycles. The van der Waals surface area contributed by atoms with Gasteiger partial charge in [0.1, 0.15) is 0 Å². The molecular weight excluding hydrogens is 350 g/mol. The Morgan fingerprint density at radius 2 is 1.85 bits per heavy atom. The van der Waals surface area contributed by atoms with E-state index in [1.807, 2.05) is 47.4 Å². The molecular formula is C19H18ClN5O. The molecule has 1 amide bonds. The zero-order valence-electron chi connectivity index (χ0n) is 14.1. The second-order valence-electron chi connectivity index (χ2n) is 5.88. The lowest BCUT2D eigenvalue weighted by atomic mass is 10.2. The van der Waals surface area contributed by atoms with Crippen LogP contribution in [0.15, 0.2) is 59.7 Å². The molecule has 1 aliphatic rings. The minimum atomic E-state index is 0.0123. The Morgan fingerprint density at radius 1 is 1.12 bits per heavy atom. The summed E-state index contributed by atoms with van der Waals surface area (Å²) < 4.78 is 0.